The van der Waals surface area contributed by atoms with Crippen LogP contribution in [-0.4, -0.2) is 58.4 Å². The molecule has 4 atom stereocenters. The van der Waals surface area contributed by atoms with Gasteiger partial charge in [0.25, 0.3) is 5.91 Å². The molecular weight excluding hydrogens is 344 g/mol. The van der Waals surface area contributed by atoms with Crippen molar-refractivity contribution in [1.82, 2.24) is 9.80 Å². The zero-order valence-corrected chi connectivity index (χ0v) is 16.0. The highest BCUT2D eigenvalue weighted by Gasteiger charge is 2.48. The molecule has 1 N–H and O–H groups in total. The molecule has 0 aromatic heterocycles. The number of nitrogens with zero attached hydrogens (tertiary/aromatic N) is 2. The minimum atomic E-state index is -0.924. The van der Waals surface area contributed by atoms with Crippen molar-refractivity contribution in [2.24, 2.45) is 11.8 Å². The number of fused-ring (bicyclic) bond motifs is 1. The fraction of sp³-hybridized carbons (Fsp3) is 0.571. The molecule has 1 saturated heterocycles. The Balaban J connectivity index is 1.84. The summed E-state index contributed by atoms with van der Waals surface area (Å²) in [5, 5.41) is 9.13. The van der Waals surface area contributed by atoms with E-state index in [0.29, 0.717) is 17.9 Å². The summed E-state index contributed by atoms with van der Waals surface area (Å²) in [5.74, 6) is -1.46. The van der Waals surface area contributed by atoms with Gasteiger partial charge in [-0.1, -0.05) is 38.0 Å². The van der Waals surface area contributed by atoms with Crippen LogP contribution in [0.5, 0.6) is 0 Å². The van der Waals surface area contributed by atoms with Gasteiger partial charge in [0, 0.05) is 25.2 Å². The Kier molecular flexibility index (Phi) is 5.82. The molecule has 1 saturated carbocycles. The van der Waals surface area contributed by atoms with E-state index in [9.17, 15) is 14.4 Å². The molecule has 4 unspecified atom stereocenters. The number of likely N-dealkylation sites (N-methyl/N-ethyl adjacent to an activating group) is 1. The molecule has 1 aliphatic heterocycles. The van der Waals surface area contributed by atoms with Gasteiger partial charge >= 0.3 is 5.97 Å². The average molecular weight is 372 g/mol. The first-order valence-corrected chi connectivity index (χ1v) is 9.75. The van der Waals surface area contributed by atoms with E-state index in [4.69, 9.17) is 5.11 Å². The summed E-state index contributed by atoms with van der Waals surface area (Å²) in [4.78, 5) is 40.8. The maximum Gasteiger partial charge on any atom is 0.308 e. The van der Waals surface area contributed by atoms with Crippen LogP contribution in [0.15, 0.2) is 30.3 Å². The molecule has 2 aliphatic rings. The number of carboxylic acids is 1. The third kappa shape index (κ3) is 3.99. The maximum atomic E-state index is 13.2. The lowest BCUT2D eigenvalue weighted by Gasteiger charge is -2.35. The van der Waals surface area contributed by atoms with Gasteiger partial charge in [-0.15, -0.1) is 0 Å². The third-order valence-electron chi connectivity index (χ3n) is 5.97. The summed E-state index contributed by atoms with van der Waals surface area (Å²) in [5.41, 5.74) is 0.600. The monoisotopic (exact) mass is 372 g/mol. The van der Waals surface area contributed by atoms with Crippen LogP contribution in [0.3, 0.4) is 0 Å². The standard InChI is InChI=1S/C21H28N2O4/c1-14(21(26)27)13-22(2)20(25)18-12-16-10-6-7-11-17(16)23(18)19(24)15-8-4-3-5-9-15/h3-5,8-9,14,16-18H,6-7,10-13H2,1-2H3,(H,26,27). The second kappa shape index (κ2) is 8.11. The molecule has 1 heterocycles. The Hall–Kier alpha value is -2.37. The fourth-order valence-electron chi connectivity index (χ4n) is 4.54. The van der Waals surface area contributed by atoms with E-state index in [-0.39, 0.29) is 24.4 Å². The van der Waals surface area contributed by atoms with Gasteiger partial charge in [-0.2, -0.15) is 0 Å². The van der Waals surface area contributed by atoms with Crippen LogP contribution in [-0.2, 0) is 9.59 Å². The Morgan fingerprint density at radius 3 is 2.52 bits per heavy atom. The van der Waals surface area contributed by atoms with E-state index < -0.39 is 17.9 Å². The first-order valence-electron chi connectivity index (χ1n) is 9.75. The van der Waals surface area contributed by atoms with Gasteiger partial charge in [0.2, 0.25) is 5.91 Å². The lowest BCUT2D eigenvalue weighted by Crippen LogP contribution is -2.50. The quantitative estimate of drug-likeness (QED) is 0.862. The van der Waals surface area contributed by atoms with Crippen LogP contribution in [0, 0.1) is 11.8 Å². The van der Waals surface area contributed by atoms with Crippen molar-refractivity contribution in [2.75, 3.05) is 13.6 Å². The van der Waals surface area contributed by atoms with Gasteiger partial charge in [-0.05, 0) is 37.3 Å². The molecule has 0 radical (unpaired) electrons. The summed E-state index contributed by atoms with van der Waals surface area (Å²) < 4.78 is 0. The van der Waals surface area contributed by atoms with Crippen LogP contribution in [0.4, 0.5) is 0 Å². The lowest BCUT2D eigenvalue weighted by molar-refractivity contribution is -0.143. The summed E-state index contributed by atoms with van der Waals surface area (Å²) in [6, 6.07) is 8.71. The molecule has 2 fully saturated rings. The lowest BCUT2D eigenvalue weighted by atomic mass is 9.84. The molecule has 146 valence electrons. The summed E-state index contributed by atoms with van der Waals surface area (Å²) in [6.45, 7) is 1.74. The summed E-state index contributed by atoms with van der Waals surface area (Å²) in [6.07, 6.45) is 4.87. The van der Waals surface area contributed by atoms with E-state index in [0.717, 1.165) is 25.7 Å². The second-order valence-corrected chi connectivity index (χ2v) is 7.90. The van der Waals surface area contributed by atoms with Crippen LogP contribution >= 0.6 is 0 Å². The highest BCUT2D eigenvalue weighted by atomic mass is 16.4. The number of hydrogen-bond donors (Lipinski definition) is 1. The Bertz CT molecular complexity index is 705. The number of benzene rings is 1. The number of carbonyl (C=O) groups excluding carboxylic acids is 2. The fourth-order valence-corrected chi connectivity index (χ4v) is 4.54. The Morgan fingerprint density at radius 1 is 1.19 bits per heavy atom. The molecule has 1 aliphatic carbocycles. The Labute approximate surface area is 160 Å². The molecule has 3 rings (SSSR count). The minimum absolute atomic E-state index is 0.0944. The van der Waals surface area contributed by atoms with Crippen molar-refractivity contribution in [2.45, 2.75) is 51.1 Å². The van der Waals surface area contributed by atoms with Gasteiger partial charge in [0.1, 0.15) is 6.04 Å². The second-order valence-electron chi connectivity index (χ2n) is 7.90. The smallest absolute Gasteiger partial charge is 0.308 e. The molecular formula is C21H28N2O4. The van der Waals surface area contributed by atoms with Crippen molar-refractivity contribution in [3.05, 3.63) is 35.9 Å². The van der Waals surface area contributed by atoms with Gasteiger partial charge in [-0.3, -0.25) is 14.4 Å². The van der Waals surface area contributed by atoms with Crippen molar-refractivity contribution in [3.8, 4) is 0 Å². The number of amides is 2. The van der Waals surface area contributed by atoms with Crippen LogP contribution in [0.2, 0.25) is 0 Å². The van der Waals surface area contributed by atoms with E-state index in [1.165, 1.54) is 4.90 Å². The molecule has 6 nitrogen and oxygen atoms in total. The Morgan fingerprint density at radius 2 is 1.85 bits per heavy atom. The molecule has 1 aromatic carbocycles. The first-order chi connectivity index (χ1) is 12.9. The number of aliphatic carboxylic acids is 1. The highest BCUT2D eigenvalue weighted by molar-refractivity contribution is 5.98. The summed E-state index contributed by atoms with van der Waals surface area (Å²) in [7, 11) is 1.63. The number of carbonyl (C=O) groups is 3. The van der Waals surface area contributed by atoms with E-state index in [2.05, 4.69) is 0 Å². The van der Waals surface area contributed by atoms with E-state index in [1.807, 2.05) is 18.2 Å². The molecule has 6 heteroatoms. The number of rotatable bonds is 5. The molecule has 1 aromatic rings. The van der Waals surface area contributed by atoms with Gasteiger partial charge in [-0.25, -0.2) is 0 Å². The van der Waals surface area contributed by atoms with Crippen LogP contribution in [0.25, 0.3) is 0 Å². The van der Waals surface area contributed by atoms with Gasteiger partial charge in [0.05, 0.1) is 5.92 Å². The zero-order chi connectivity index (χ0) is 19.6. The predicted molar refractivity (Wildman–Crippen MR) is 101 cm³/mol. The summed E-state index contributed by atoms with van der Waals surface area (Å²) >= 11 is 0. The molecule has 27 heavy (non-hydrogen) atoms. The minimum Gasteiger partial charge on any atom is -0.481 e. The highest BCUT2D eigenvalue weighted by Crippen LogP contribution is 2.41. The van der Waals surface area contributed by atoms with E-state index in [1.54, 1.807) is 31.0 Å². The molecule has 0 bridgehead atoms. The number of hydrogen-bond acceptors (Lipinski definition) is 3. The van der Waals surface area contributed by atoms with Crippen LogP contribution < -0.4 is 0 Å². The zero-order valence-electron chi connectivity index (χ0n) is 16.0. The van der Waals surface area contributed by atoms with Gasteiger partial charge < -0.3 is 14.9 Å². The van der Waals surface area contributed by atoms with Crippen molar-refractivity contribution >= 4 is 17.8 Å². The van der Waals surface area contributed by atoms with Crippen LogP contribution in [0.1, 0.15) is 49.4 Å². The van der Waals surface area contributed by atoms with Crippen molar-refractivity contribution in [1.29, 1.82) is 0 Å². The van der Waals surface area contributed by atoms with E-state index >= 15 is 0 Å². The number of likely N-dealkylation sites (tertiary alicyclic amines) is 1. The third-order valence-corrected chi connectivity index (χ3v) is 5.97. The predicted octanol–water partition coefficient (Wildman–Crippen LogP) is 2.64. The van der Waals surface area contributed by atoms with Crippen molar-refractivity contribution in [3.63, 3.8) is 0 Å². The SMILES string of the molecule is CC(CN(C)C(=O)C1CC2CCCCC2N1C(=O)c1ccccc1)C(=O)O. The average Bonchev–Trinajstić information content (AvgIpc) is 3.06. The molecule has 2 amide bonds. The topological polar surface area (TPSA) is 77.9 Å². The van der Waals surface area contributed by atoms with Crippen molar-refractivity contribution < 1.29 is 19.5 Å². The maximum absolute atomic E-state index is 13.2. The largest absolute Gasteiger partial charge is 0.481 e. The normalized spacial score (nSPS) is 25.6. The number of carboxylic acid groups (broad SMARTS) is 1. The first kappa shape index (κ1) is 19.4. The van der Waals surface area contributed by atoms with Gasteiger partial charge in [0.15, 0.2) is 0 Å². The molecule has 0 spiro atoms.